The summed E-state index contributed by atoms with van der Waals surface area (Å²) < 4.78 is 0. The summed E-state index contributed by atoms with van der Waals surface area (Å²) in [7, 11) is 0. The third-order valence-electron chi connectivity index (χ3n) is 3.34. The maximum atomic E-state index is 8.84. The zero-order chi connectivity index (χ0) is 14.4. The molecule has 0 aliphatic rings. The summed E-state index contributed by atoms with van der Waals surface area (Å²) in [5, 5.41) is 11.0. The number of hydrogen-bond acceptors (Lipinski definition) is 2. The highest BCUT2D eigenvalue weighted by atomic mass is 32.2. The Morgan fingerprint density at radius 1 is 1.00 bits per heavy atom. The van der Waals surface area contributed by atoms with Gasteiger partial charge in [0.2, 0.25) is 0 Å². The van der Waals surface area contributed by atoms with Crippen LogP contribution in [0.25, 0.3) is 11.1 Å². The van der Waals surface area contributed by atoms with Gasteiger partial charge in [0.1, 0.15) is 5.40 Å². The minimum Gasteiger partial charge on any atom is -0.185 e. The molecule has 2 aromatic rings. The van der Waals surface area contributed by atoms with E-state index < -0.39 is 0 Å². The number of benzene rings is 2. The van der Waals surface area contributed by atoms with Crippen LogP contribution in [-0.2, 0) is 0 Å². The molecule has 0 amide bonds. The summed E-state index contributed by atoms with van der Waals surface area (Å²) in [6.45, 7) is 4.22. The van der Waals surface area contributed by atoms with Crippen LogP contribution in [0.1, 0.15) is 23.6 Å². The lowest BCUT2D eigenvalue weighted by molar-refractivity contribution is 1.44. The zero-order valence-corrected chi connectivity index (χ0v) is 12.6. The molecule has 2 aromatic carbocycles. The van der Waals surface area contributed by atoms with Gasteiger partial charge < -0.3 is 0 Å². The summed E-state index contributed by atoms with van der Waals surface area (Å²) in [6, 6.07) is 18.8. The van der Waals surface area contributed by atoms with Crippen molar-refractivity contribution >= 4 is 22.9 Å². The SMILES string of the molecule is C/C(=C(\CSC#N)c1ccccc1)c1ccc(C)cc1. The minimum atomic E-state index is 0.709. The van der Waals surface area contributed by atoms with Crippen molar-refractivity contribution < 1.29 is 0 Å². The van der Waals surface area contributed by atoms with Crippen LogP contribution in [0, 0.1) is 17.6 Å². The molecule has 0 heterocycles. The van der Waals surface area contributed by atoms with Crippen LogP contribution >= 0.6 is 11.8 Å². The van der Waals surface area contributed by atoms with E-state index in [1.54, 1.807) is 0 Å². The predicted octanol–water partition coefficient (Wildman–Crippen LogP) is 5.14. The molecule has 0 spiro atoms. The first-order valence-electron chi connectivity index (χ1n) is 6.55. The van der Waals surface area contributed by atoms with Gasteiger partial charge in [0.15, 0.2) is 0 Å². The molecule has 0 saturated carbocycles. The largest absolute Gasteiger partial charge is 0.185 e. The van der Waals surface area contributed by atoms with Crippen LogP contribution in [0.5, 0.6) is 0 Å². The Hall–Kier alpha value is -1.98. The fourth-order valence-corrected chi connectivity index (χ4v) is 2.72. The maximum Gasteiger partial charge on any atom is 0.133 e. The molecule has 0 aliphatic heterocycles. The maximum absolute atomic E-state index is 8.84. The van der Waals surface area contributed by atoms with E-state index >= 15 is 0 Å². The van der Waals surface area contributed by atoms with Crippen molar-refractivity contribution in [3.8, 4) is 5.40 Å². The number of aryl methyl sites for hydroxylation is 1. The fourth-order valence-electron chi connectivity index (χ4n) is 2.13. The second-order valence-electron chi connectivity index (χ2n) is 4.72. The van der Waals surface area contributed by atoms with E-state index in [1.165, 1.54) is 39.6 Å². The van der Waals surface area contributed by atoms with E-state index in [0.717, 1.165) is 0 Å². The molecule has 1 nitrogen and oxygen atoms in total. The number of thiocyanates is 1. The molecule has 0 bridgehead atoms. The predicted molar refractivity (Wildman–Crippen MR) is 88.2 cm³/mol. The van der Waals surface area contributed by atoms with Gasteiger partial charge in [-0.05, 0) is 47.9 Å². The first kappa shape index (κ1) is 14.4. The first-order chi connectivity index (χ1) is 9.72. The number of rotatable bonds is 4. The zero-order valence-electron chi connectivity index (χ0n) is 11.8. The van der Waals surface area contributed by atoms with Crippen molar-refractivity contribution in [2.24, 2.45) is 0 Å². The molecule has 100 valence electrons. The van der Waals surface area contributed by atoms with Crippen molar-refractivity contribution in [3.05, 3.63) is 71.3 Å². The molecule has 0 aromatic heterocycles. The smallest absolute Gasteiger partial charge is 0.133 e. The minimum absolute atomic E-state index is 0.709. The fraction of sp³-hybridized carbons (Fsp3) is 0.167. The highest BCUT2D eigenvalue weighted by Crippen LogP contribution is 2.28. The lowest BCUT2D eigenvalue weighted by atomic mass is 9.96. The van der Waals surface area contributed by atoms with Crippen LogP contribution in [-0.4, -0.2) is 5.75 Å². The Morgan fingerprint density at radius 3 is 2.25 bits per heavy atom. The van der Waals surface area contributed by atoms with Gasteiger partial charge in [-0.3, -0.25) is 0 Å². The first-order valence-corrected chi connectivity index (χ1v) is 7.54. The summed E-state index contributed by atoms with van der Waals surface area (Å²) in [5.41, 5.74) is 6.12. The molecule has 0 unspecified atom stereocenters. The van der Waals surface area contributed by atoms with Gasteiger partial charge in [-0.25, -0.2) is 0 Å². The summed E-state index contributed by atoms with van der Waals surface area (Å²) in [6.07, 6.45) is 0. The Bertz CT molecular complexity index is 633. The third kappa shape index (κ3) is 3.53. The summed E-state index contributed by atoms with van der Waals surface area (Å²) in [4.78, 5) is 0. The van der Waals surface area contributed by atoms with E-state index in [0.29, 0.717) is 5.75 Å². The van der Waals surface area contributed by atoms with Crippen molar-refractivity contribution in [1.29, 1.82) is 5.26 Å². The van der Waals surface area contributed by atoms with Crippen LogP contribution < -0.4 is 0 Å². The Kier molecular flexibility index (Phi) is 5.03. The second kappa shape index (κ2) is 6.98. The van der Waals surface area contributed by atoms with E-state index in [9.17, 15) is 0 Å². The van der Waals surface area contributed by atoms with Gasteiger partial charge in [-0.1, -0.05) is 60.2 Å². The molecule has 20 heavy (non-hydrogen) atoms. The number of thioether (sulfide) groups is 1. The summed E-state index contributed by atoms with van der Waals surface area (Å²) >= 11 is 1.28. The van der Waals surface area contributed by atoms with Crippen LogP contribution in [0.2, 0.25) is 0 Å². The van der Waals surface area contributed by atoms with Crippen LogP contribution in [0.4, 0.5) is 0 Å². The van der Waals surface area contributed by atoms with E-state index in [1.807, 2.05) is 18.2 Å². The average molecular weight is 279 g/mol. The van der Waals surface area contributed by atoms with E-state index in [2.05, 4.69) is 55.6 Å². The van der Waals surface area contributed by atoms with E-state index in [4.69, 9.17) is 5.26 Å². The Morgan fingerprint density at radius 2 is 1.65 bits per heavy atom. The molecule has 2 heteroatoms. The van der Waals surface area contributed by atoms with Crippen molar-refractivity contribution in [2.75, 3.05) is 5.75 Å². The van der Waals surface area contributed by atoms with Gasteiger partial charge >= 0.3 is 0 Å². The highest BCUT2D eigenvalue weighted by molar-refractivity contribution is 8.04. The molecule has 0 atom stereocenters. The highest BCUT2D eigenvalue weighted by Gasteiger charge is 2.08. The molecule has 0 radical (unpaired) electrons. The normalized spacial score (nSPS) is 11.7. The Balaban J connectivity index is 2.46. The lowest BCUT2D eigenvalue weighted by Crippen LogP contribution is -1.93. The third-order valence-corrected chi connectivity index (χ3v) is 3.90. The van der Waals surface area contributed by atoms with Gasteiger partial charge in [0.05, 0.1) is 0 Å². The number of allylic oxidation sites excluding steroid dienone is 1. The topological polar surface area (TPSA) is 23.8 Å². The van der Waals surface area contributed by atoms with Crippen molar-refractivity contribution in [2.45, 2.75) is 13.8 Å². The molecular weight excluding hydrogens is 262 g/mol. The second-order valence-corrected chi connectivity index (χ2v) is 5.48. The molecule has 0 N–H and O–H groups in total. The van der Waals surface area contributed by atoms with E-state index in [-0.39, 0.29) is 0 Å². The lowest BCUT2D eigenvalue weighted by Gasteiger charge is -2.12. The van der Waals surface area contributed by atoms with Crippen molar-refractivity contribution in [3.63, 3.8) is 0 Å². The molecule has 2 rings (SSSR count). The molecular formula is C18H17NS. The quantitative estimate of drug-likeness (QED) is 0.571. The van der Waals surface area contributed by atoms with Gasteiger partial charge in [-0.2, -0.15) is 5.26 Å². The van der Waals surface area contributed by atoms with Gasteiger partial charge in [0.25, 0.3) is 0 Å². The molecule has 0 aliphatic carbocycles. The molecule has 0 fully saturated rings. The number of nitrogens with zero attached hydrogens (tertiary/aromatic N) is 1. The number of nitriles is 1. The summed E-state index contributed by atoms with van der Waals surface area (Å²) in [5.74, 6) is 0.709. The number of hydrogen-bond donors (Lipinski definition) is 0. The average Bonchev–Trinajstić information content (AvgIpc) is 2.49. The van der Waals surface area contributed by atoms with Gasteiger partial charge in [0, 0.05) is 5.75 Å². The van der Waals surface area contributed by atoms with Crippen molar-refractivity contribution in [1.82, 2.24) is 0 Å². The standard InChI is InChI=1S/C18H17NS/c1-14-8-10-16(11-9-14)15(2)18(12-20-13-19)17-6-4-3-5-7-17/h3-11H,12H2,1-2H3/b18-15-. The van der Waals surface area contributed by atoms with Crippen LogP contribution in [0.15, 0.2) is 54.6 Å². The molecule has 0 saturated heterocycles. The van der Waals surface area contributed by atoms with Gasteiger partial charge in [-0.15, -0.1) is 0 Å². The van der Waals surface area contributed by atoms with Crippen LogP contribution in [0.3, 0.4) is 0 Å². The Labute approximate surface area is 125 Å². The monoisotopic (exact) mass is 279 g/mol.